The maximum atomic E-state index is 13.0. The van der Waals surface area contributed by atoms with Crippen LogP contribution in [0, 0.1) is 0 Å². The molecule has 0 amide bonds. The second-order valence-electron chi connectivity index (χ2n) is 7.28. The number of aromatic nitrogens is 1. The van der Waals surface area contributed by atoms with Crippen LogP contribution in [0.4, 0.5) is 13.2 Å². The van der Waals surface area contributed by atoms with Crippen LogP contribution >= 0.6 is 0 Å². The number of nitrogens with zero attached hydrogens (tertiary/aromatic N) is 1. The van der Waals surface area contributed by atoms with E-state index in [0.29, 0.717) is 33.7 Å². The van der Waals surface area contributed by atoms with Crippen LogP contribution < -0.4 is 10.8 Å². The van der Waals surface area contributed by atoms with Gasteiger partial charge in [0.1, 0.15) is 22.3 Å². The van der Waals surface area contributed by atoms with E-state index in [1.807, 2.05) is 42.5 Å². The van der Waals surface area contributed by atoms with Gasteiger partial charge in [-0.25, -0.2) is 4.98 Å². The molecule has 3 aromatic carbocycles. The van der Waals surface area contributed by atoms with E-state index < -0.39 is 11.7 Å². The van der Waals surface area contributed by atoms with Gasteiger partial charge in [0.15, 0.2) is 0 Å². The van der Waals surface area contributed by atoms with E-state index in [4.69, 9.17) is 8.83 Å². The normalized spacial score (nSPS) is 12.5. The number of hydrogen-bond acceptors (Lipinski definition) is 3. The molecule has 32 heavy (non-hydrogen) atoms. The van der Waals surface area contributed by atoms with Crippen LogP contribution in [-0.4, -0.2) is 4.98 Å². The summed E-state index contributed by atoms with van der Waals surface area (Å²) >= 11 is 0. The number of rotatable bonds is 3. The molecule has 5 aromatic rings. The van der Waals surface area contributed by atoms with Crippen molar-refractivity contribution < 1.29 is 22.0 Å². The lowest BCUT2D eigenvalue weighted by Gasteiger charge is -2.07. The molecule has 0 saturated heterocycles. The van der Waals surface area contributed by atoms with Gasteiger partial charge in [-0.1, -0.05) is 55.1 Å². The number of furan rings is 1. The maximum absolute atomic E-state index is 13.0. The van der Waals surface area contributed by atoms with Crippen molar-refractivity contribution in [3.8, 4) is 22.8 Å². The fourth-order valence-electron chi connectivity index (χ4n) is 3.57. The minimum Gasteiger partial charge on any atom is -0.457 e. The molecule has 0 atom stereocenters. The molecule has 0 spiro atoms. The summed E-state index contributed by atoms with van der Waals surface area (Å²) in [5.74, 6) is 1.19. The molecule has 0 aliphatic rings. The van der Waals surface area contributed by atoms with Crippen LogP contribution in [0.25, 0.3) is 46.2 Å². The largest absolute Gasteiger partial charge is 0.457 e. The van der Waals surface area contributed by atoms with E-state index in [-0.39, 0.29) is 0 Å². The van der Waals surface area contributed by atoms with Gasteiger partial charge >= 0.3 is 6.18 Å². The van der Waals surface area contributed by atoms with Crippen molar-refractivity contribution in [2.45, 2.75) is 6.18 Å². The average Bonchev–Trinajstić information content (AvgIpc) is 3.40. The monoisotopic (exact) mass is 431 g/mol. The lowest BCUT2D eigenvalue weighted by Crippen LogP contribution is -2.20. The first-order valence-corrected chi connectivity index (χ1v) is 9.81. The number of benzene rings is 3. The lowest BCUT2D eigenvalue weighted by molar-refractivity contribution is -0.137. The van der Waals surface area contributed by atoms with E-state index in [0.717, 1.165) is 28.5 Å². The predicted molar refractivity (Wildman–Crippen MR) is 117 cm³/mol. The zero-order valence-corrected chi connectivity index (χ0v) is 16.7. The Morgan fingerprint density at radius 3 is 2.47 bits per heavy atom. The van der Waals surface area contributed by atoms with E-state index in [1.165, 1.54) is 6.07 Å². The molecule has 0 aliphatic carbocycles. The first-order valence-electron chi connectivity index (χ1n) is 9.81. The molecule has 5 rings (SSSR count). The highest BCUT2D eigenvalue weighted by Gasteiger charge is 2.30. The fourth-order valence-corrected chi connectivity index (χ4v) is 3.57. The molecule has 0 saturated carbocycles. The maximum Gasteiger partial charge on any atom is 0.416 e. The summed E-state index contributed by atoms with van der Waals surface area (Å²) in [7, 11) is 0. The first-order chi connectivity index (χ1) is 15.4. The topological polar surface area (TPSA) is 39.2 Å². The van der Waals surface area contributed by atoms with Gasteiger partial charge in [0, 0.05) is 17.2 Å². The minimum absolute atomic E-state index is 0.325. The molecule has 0 N–H and O–H groups in total. The van der Waals surface area contributed by atoms with Crippen molar-refractivity contribution in [1.82, 2.24) is 4.98 Å². The van der Waals surface area contributed by atoms with Crippen LogP contribution in [0.15, 0.2) is 87.7 Å². The number of oxazole rings is 1. The van der Waals surface area contributed by atoms with E-state index in [1.54, 1.807) is 24.3 Å². The molecule has 6 heteroatoms. The Labute approximate surface area is 180 Å². The third-order valence-electron chi connectivity index (χ3n) is 5.13. The standard InChI is InChI=1S/C26H16F3NO2/c1-16-23(30-25(31-16)22-11-5-7-17-6-2-3-10-21(17)22)15-20-12-13-24(32-20)18-8-4-9-19(14-18)26(27,28)29/h2-15H,1H2/b23-15-. The molecule has 0 radical (unpaired) electrons. The Morgan fingerprint density at radius 2 is 1.62 bits per heavy atom. The third-order valence-corrected chi connectivity index (χ3v) is 5.13. The second-order valence-corrected chi connectivity index (χ2v) is 7.28. The predicted octanol–water partition coefficient (Wildman–Crippen LogP) is 6.01. The Kier molecular flexibility index (Phi) is 4.70. The van der Waals surface area contributed by atoms with E-state index >= 15 is 0 Å². The van der Waals surface area contributed by atoms with Gasteiger partial charge in [-0.2, -0.15) is 13.2 Å². The van der Waals surface area contributed by atoms with Crippen molar-refractivity contribution in [2.75, 3.05) is 0 Å². The number of halogens is 3. The number of hydrogen-bond donors (Lipinski definition) is 0. The molecule has 158 valence electrons. The van der Waals surface area contributed by atoms with E-state index in [2.05, 4.69) is 11.6 Å². The molecule has 0 aliphatic heterocycles. The van der Waals surface area contributed by atoms with Gasteiger partial charge in [-0.3, -0.25) is 0 Å². The van der Waals surface area contributed by atoms with Crippen molar-refractivity contribution in [1.29, 1.82) is 0 Å². The van der Waals surface area contributed by atoms with Crippen LogP contribution in [0.3, 0.4) is 0 Å². The van der Waals surface area contributed by atoms with Gasteiger partial charge in [0.05, 0.1) is 5.56 Å². The Bertz CT molecular complexity index is 1540. The molecule has 0 bridgehead atoms. The zero-order chi connectivity index (χ0) is 22.3. The zero-order valence-electron chi connectivity index (χ0n) is 16.7. The highest BCUT2D eigenvalue weighted by Crippen LogP contribution is 2.32. The average molecular weight is 431 g/mol. The van der Waals surface area contributed by atoms with Gasteiger partial charge in [-0.15, -0.1) is 0 Å². The van der Waals surface area contributed by atoms with Gasteiger partial charge in [0.25, 0.3) is 0 Å². The van der Waals surface area contributed by atoms with E-state index in [9.17, 15) is 13.2 Å². The summed E-state index contributed by atoms with van der Waals surface area (Å²) in [6.07, 6.45) is -2.77. The third kappa shape index (κ3) is 3.71. The summed E-state index contributed by atoms with van der Waals surface area (Å²) in [6, 6.07) is 22.1. The highest BCUT2D eigenvalue weighted by molar-refractivity contribution is 5.94. The van der Waals surface area contributed by atoms with Gasteiger partial charge in [-0.05, 0) is 41.1 Å². The Hall–Kier alpha value is -4.06. The van der Waals surface area contributed by atoms with Gasteiger partial charge < -0.3 is 8.83 Å². The molecule has 0 unspecified atom stereocenters. The van der Waals surface area contributed by atoms with Crippen LogP contribution in [0.2, 0.25) is 0 Å². The fraction of sp³-hybridized carbons (Fsp3) is 0.0385. The van der Waals surface area contributed by atoms with Crippen LogP contribution in [-0.2, 0) is 6.18 Å². The summed E-state index contributed by atoms with van der Waals surface area (Å²) in [5.41, 5.74) is 0.820. The molecule has 2 aromatic heterocycles. The number of fused-ring (bicyclic) bond motifs is 1. The molecule has 2 heterocycles. The molecule has 3 nitrogen and oxygen atoms in total. The summed E-state index contributed by atoms with van der Waals surface area (Å²) in [4.78, 5) is 4.56. The quantitative estimate of drug-likeness (QED) is 0.351. The van der Waals surface area contributed by atoms with Crippen molar-refractivity contribution in [3.05, 3.63) is 101 Å². The molecular formula is C26H16F3NO2. The second kappa shape index (κ2) is 7.57. The number of alkyl halides is 3. The van der Waals surface area contributed by atoms with Gasteiger partial charge in [0.2, 0.25) is 5.89 Å². The summed E-state index contributed by atoms with van der Waals surface area (Å²) in [6.45, 7) is 3.92. The highest BCUT2D eigenvalue weighted by atomic mass is 19.4. The summed E-state index contributed by atoms with van der Waals surface area (Å²) < 4.78 is 50.5. The molecular weight excluding hydrogens is 415 g/mol. The minimum atomic E-state index is -4.42. The SMILES string of the molecule is C=c1oc(-c2cccc3ccccc23)n/c1=C\c1ccc(-c2cccc(C(F)(F)F)c2)o1. The first kappa shape index (κ1) is 19.9. The lowest BCUT2D eigenvalue weighted by atomic mass is 10.0. The van der Waals surface area contributed by atoms with Crippen LogP contribution in [0.5, 0.6) is 0 Å². The van der Waals surface area contributed by atoms with Crippen LogP contribution in [0.1, 0.15) is 11.3 Å². The van der Waals surface area contributed by atoms with Crippen molar-refractivity contribution in [3.63, 3.8) is 0 Å². The van der Waals surface area contributed by atoms with Crippen molar-refractivity contribution >= 4 is 23.4 Å². The van der Waals surface area contributed by atoms with Crippen molar-refractivity contribution in [2.24, 2.45) is 0 Å². The summed E-state index contributed by atoms with van der Waals surface area (Å²) in [5, 5.41) is 2.56. The molecule has 0 fully saturated rings. The Balaban J connectivity index is 1.52. The smallest absolute Gasteiger partial charge is 0.416 e. The Morgan fingerprint density at radius 1 is 0.844 bits per heavy atom.